The number of nitrogen functional groups attached to an aromatic ring is 1. The number of halogens is 2. The summed E-state index contributed by atoms with van der Waals surface area (Å²) >= 11 is 11.9. The lowest BCUT2D eigenvalue weighted by atomic mass is 10.2. The van der Waals surface area contributed by atoms with Crippen LogP contribution in [0.25, 0.3) is 0 Å². The van der Waals surface area contributed by atoms with Crippen LogP contribution in [0, 0.1) is 5.92 Å². The molecule has 0 saturated heterocycles. The summed E-state index contributed by atoms with van der Waals surface area (Å²) in [6.07, 6.45) is 2.63. The molecule has 18 heavy (non-hydrogen) atoms. The molecular formula is C13H18Cl2N2O. The second kappa shape index (κ2) is 6.00. The molecule has 1 saturated carbocycles. The number of rotatable bonds is 6. The third-order valence-corrected chi connectivity index (χ3v) is 3.82. The summed E-state index contributed by atoms with van der Waals surface area (Å²) in [5.74, 6) is 0.797. The first-order valence-electron chi connectivity index (χ1n) is 6.11. The van der Waals surface area contributed by atoms with Gasteiger partial charge in [0.25, 0.3) is 0 Å². The topological polar surface area (TPSA) is 38.5 Å². The Morgan fingerprint density at radius 1 is 1.33 bits per heavy atom. The smallest absolute Gasteiger partial charge is 0.0641 e. The molecule has 1 aliphatic rings. The summed E-state index contributed by atoms with van der Waals surface area (Å²) in [6.45, 7) is 2.37. The van der Waals surface area contributed by atoms with Gasteiger partial charge in [-0.05, 0) is 30.9 Å². The second-order valence-electron chi connectivity index (χ2n) is 4.76. The molecule has 0 spiro atoms. The SMILES string of the molecule is CN(CCOCC1CC1)c1cc(Cl)c(Cl)cc1N. The highest BCUT2D eigenvalue weighted by Crippen LogP contribution is 2.32. The number of anilines is 2. The number of likely N-dealkylation sites (N-methyl/N-ethyl adjacent to an activating group) is 1. The van der Waals surface area contributed by atoms with E-state index in [4.69, 9.17) is 33.7 Å². The Morgan fingerprint density at radius 2 is 2.00 bits per heavy atom. The van der Waals surface area contributed by atoms with E-state index in [2.05, 4.69) is 0 Å². The van der Waals surface area contributed by atoms with Crippen LogP contribution >= 0.6 is 23.2 Å². The summed E-state index contributed by atoms with van der Waals surface area (Å²) in [4.78, 5) is 2.03. The molecular weight excluding hydrogens is 271 g/mol. The predicted octanol–water partition coefficient (Wildman–Crippen LogP) is 3.44. The summed E-state index contributed by atoms with van der Waals surface area (Å²) in [5, 5.41) is 1.00. The van der Waals surface area contributed by atoms with Crippen LogP contribution in [0.15, 0.2) is 12.1 Å². The van der Waals surface area contributed by atoms with Crippen molar-refractivity contribution in [2.45, 2.75) is 12.8 Å². The minimum Gasteiger partial charge on any atom is -0.397 e. The van der Waals surface area contributed by atoms with Gasteiger partial charge in [0.1, 0.15) is 0 Å². The van der Waals surface area contributed by atoms with Crippen molar-refractivity contribution in [1.29, 1.82) is 0 Å². The molecule has 0 unspecified atom stereocenters. The van der Waals surface area contributed by atoms with E-state index in [-0.39, 0.29) is 0 Å². The average molecular weight is 289 g/mol. The maximum Gasteiger partial charge on any atom is 0.0641 e. The number of nitrogens with two attached hydrogens (primary N) is 1. The Kier molecular flexibility index (Phi) is 4.60. The van der Waals surface area contributed by atoms with Gasteiger partial charge < -0.3 is 15.4 Å². The van der Waals surface area contributed by atoms with Crippen molar-refractivity contribution in [1.82, 2.24) is 0 Å². The van der Waals surface area contributed by atoms with Gasteiger partial charge in [-0.15, -0.1) is 0 Å². The highest BCUT2D eigenvalue weighted by atomic mass is 35.5. The first-order valence-corrected chi connectivity index (χ1v) is 6.87. The van der Waals surface area contributed by atoms with E-state index in [1.165, 1.54) is 12.8 Å². The maximum absolute atomic E-state index is 6.00. The molecule has 100 valence electrons. The van der Waals surface area contributed by atoms with Gasteiger partial charge in [-0.3, -0.25) is 0 Å². The Bertz CT molecular complexity index is 422. The number of hydrogen-bond donors (Lipinski definition) is 1. The zero-order valence-electron chi connectivity index (χ0n) is 10.5. The average Bonchev–Trinajstić information content (AvgIpc) is 3.13. The van der Waals surface area contributed by atoms with Gasteiger partial charge >= 0.3 is 0 Å². The molecule has 0 heterocycles. The molecule has 3 nitrogen and oxygen atoms in total. The third kappa shape index (κ3) is 3.67. The molecule has 1 aromatic carbocycles. The first-order chi connectivity index (χ1) is 8.58. The molecule has 1 fully saturated rings. The second-order valence-corrected chi connectivity index (χ2v) is 5.58. The number of nitrogens with zero attached hydrogens (tertiary/aromatic N) is 1. The van der Waals surface area contributed by atoms with E-state index >= 15 is 0 Å². The number of benzene rings is 1. The summed E-state index contributed by atoms with van der Waals surface area (Å²) < 4.78 is 5.60. The minimum absolute atomic E-state index is 0.483. The quantitative estimate of drug-likeness (QED) is 0.644. The normalized spacial score (nSPS) is 14.8. The maximum atomic E-state index is 6.00. The molecule has 2 rings (SSSR count). The fourth-order valence-corrected chi connectivity index (χ4v) is 2.07. The fourth-order valence-electron chi connectivity index (χ4n) is 1.74. The lowest BCUT2D eigenvalue weighted by Crippen LogP contribution is -2.23. The van der Waals surface area contributed by atoms with Gasteiger partial charge in [-0.25, -0.2) is 0 Å². The number of hydrogen-bond acceptors (Lipinski definition) is 3. The van der Waals surface area contributed by atoms with Crippen molar-refractivity contribution < 1.29 is 4.74 Å². The molecule has 0 radical (unpaired) electrons. The molecule has 0 amide bonds. The van der Waals surface area contributed by atoms with Crippen LogP contribution in [0.5, 0.6) is 0 Å². The molecule has 2 N–H and O–H groups in total. The van der Waals surface area contributed by atoms with Crippen molar-refractivity contribution in [2.75, 3.05) is 37.4 Å². The molecule has 0 aliphatic heterocycles. The van der Waals surface area contributed by atoms with Crippen molar-refractivity contribution >= 4 is 34.6 Å². The van der Waals surface area contributed by atoms with Crippen LogP contribution in [-0.4, -0.2) is 26.8 Å². The largest absolute Gasteiger partial charge is 0.397 e. The predicted molar refractivity (Wildman–Crippen MR) is 77.7 cm³/mol. The highest BCUT2D eigenvalue weighted by Gasteiger charge is 2.21. The summed E-state index contributed by atoms with van der Waals surface area (Å²) in [7, 11) is 1.97. The summed E-state index contributed by atoms with van der Waals surface area (Å²) in [6, 6.07) is 3.47. The Hall–Kier alpha value is -0.640. The Morgan fingerprint density at radius 3 is 2.67 bits per heavy atom. The first kappa shape index (κ1) is 13.8. The third-order valence-electron chi connectivity index (χ3n) is 3.10. The zero-order valence-corrected chi connectivity index (χ0v) is 12.0. The molecule has 1 aliphatic carbocycles. The fraction of sp³-hybridized carbons (Fsp3) is 0.538. The lowest BCUT2D eigenvalue weighted by molar-refractivity contribution is 0.131. The molecule has 0 aromatic heterocycles. The minimum atomic E-state index is 0.483. The van der Waals surface area contributed by atoms with Crippen LogP contribution in [0.1, 0.15) is 12.8 Å². The summed E-state index contributed by atoms with van der Waals surface area (Å²) in [5.41, 5.74) is 7.45. The molecule has 1 aromatic rings. The van der Waals surface area contributed by atoms with E-state index < -0.39 is 0 Å². The highest BCUT2D eigenvalue weighted by molar-refractivity contribution is 6.42. The van der Waals surface area contributed by atoms with Crippen LogP contribution in [0.2, 0.25) is 10.0 Å². The van der Waals surface area contributed by atoms with Crippen LogP contribution in [-0.2, 0) is 4.74 Å². The van der Waals surface area contributed by atoms with Crippen molar-refractivity contribution in [3.63, 3.8) is 0 Å². The van der Waals surface area contributed by atoms with Gasteiger partial charge in [0.15, 0.2) is 0 Å². The lowest BCUT2D eigenvalue weighted by Gasteiger charge is -2.21. The molecule has 0 atom stereocenters. The Labute approximate surface area is 118 Å². The van der Waals surface area contributed by atoms with Crippen molar-refractivity contribution in [3.8, 4) is 0 Å². The standard InChI is InChI=1S/C13H18Cl2N2O/c1-17(4-5-18-8-9-2-3-9)13-7-11(15)10(14)6-12(13)16/h6-7,9H,2-5,8,16H2,1H3. The van der Waals surface area contributed by atoms with Crippen LogP contribution in [0.4, 0.5) is 11.4 Å². The van der Waals surface area contributed by atoms with Gasteiger partial charge in [-0.2, -0.15) is 0 Å². The van der Waals surface area contributed by atoms with Crippen molar-refractivity contribution in [3.05, 3.63) is 22.2 Å². The zero-order chi connectivity index (χ0) is 13.1. The van der Waals surface area contributed by atoms with Gasteiger partial charge in [0.2, 0.25) is 0 Å². The Balaban J connectivity index is 1.86. The van der Waals surface area contributed by atoms with Crippen molar-refractivity contribution in [2.24, 2.45) is 5.92 Å². The van der Waals surface area contributed by atoms with Crippen LogP contribution in [0.3, 0.4) is 0 Å². The van der Waals surface area contributed by atoms with E-state index in [9.17, 15) is 0 Å². The monoisotopic (exact) mass is 288 g/mol. The molecule has 5 heteroatoms. The van der Waals surface area contributed by atoms with Crippen LogP contribution < -0.4 is 10.6 Å². The van der Waals surface area contributed by atoms with E-state index in [0.29, 0.717) is 22.3 Å². The van der Waals surface area contributed by atoms with E-state index in [1.807, 2.05) is 11.9 Å². The van der Waals surface area contributed by atoms with Gasteiger partial charge in [0, 0.05) is 20.2 Å². The van der Waals surface area contributed by atoms with Gasteiger partial charge in [0.05, 0.1) is 28.0 Å². The number of ether oxygens (including phenoxy) is 1. The molecule has 0 bridgehead atoms. The van der Waals surface area contributed by atoms with E-state index in [1.54, 1.807) is 12.1 Å². The van der Waals surface area contributed by atoms with E-state index in [0.717, 1.165) is 24.8 Å². The van der Waals surface area contributed by atoms with Gasteiger partial charge in [-0.1, -0.05) is 23.2 Å².